The fraction of sp³-hybridized carbons (Fsp3) is 0.0417. The van der Waals surface area contributed by atoms with E-state index in [1.54, 1.807) is 12.1 Å². The van der Waals surface area contributed by atoms with Crippen molar-refractivity contribution in [3.63, 3.8) is 0 Å². The second-order valence-corrected chi connectivity index (χ2v) is 6.55. The van der Waals surface area contributed by atoms with Gasteiger partial charge in [0.25, 0.3) is 0 Å². The number of benzene rings is 3. The van der Waals surface area contributed by atoms with Gasteiger partial charge in [0, 0.05) is 17.2 Å². The molecule has 4 aromatic rings. The average Bonchev–Trinajstić information content (AvgIpc) is 2.79. The minimum absolute atomic E-state index is 0.227. The van der Waals surface area contributed by atoms with E-state index in [9.17, 15) is 5.11 Å². The summed E-state index contributed by atoms with van der Waals surface area (Å²) in [5.41, 5.74) is 7.51. The van der Waals surface area contributed by atoms with Crippen molar-refractivity contribution in [2.45, 2.75) is 6.92 Å². The minimum atomic E-state index is 0.227. The number of phenols is 1. The van der Waals surface area contributed by atoms with E-state index in [1.165, 1.54) is 0 Å². The van der Waals surface area contributed by atoms with Crippen LogP contribution < -0.4 is 5.43 Å². The number of anilines is 1. The number of hydrogen-bond acceptors (Lipinski definition) is 5. The third kappa shape index (κ3) is 4.47. The molecule has 1 heterocycles. The van der Waals surface area contributed by atoms with Crippen LogP contribution in [0.5, 0.6) is 5.75 Å². The first-order chi connectivity index (χ1) is 14.2. The quantitative estimate of drug-likeness (QED) is 0.362. The highest BCUT2D eigenvalue weighted by Crippen LogP contribution is 2.24. The van der Waals surface area contributed by atoms with E-state index in [2.05, 4.69) is 15.5 Å². The highest BCUT2D eigenvalue weighted by molar-refractivity contribution is 5.99. The summed E-state index contributed by atoms with van der Waals surface area (Å²) >= 11 is 0. The number of phenolic OH excluding ortho intramolecular Hbond substituents is 1. The van der Waals surface area contributed by atoms with Crippen LogP contribution in [0.1, 0.15) is 12.5 Å². The number of nitrogens with one attached hydrogen (secondary N) is 1. The van der Waals surface area contributed by atoms with E-state index in [4.69, 9.17) is 4.98 Å². The molecule has 0 aliphatic carbocycles. The largest absolute Gasteiger partial charge is 0.508 e. The SMILES string of the molecule is C/C(=N\Nc1cc(-c2ccccc2)nc(-c2ccccc2)n1)c1ccc(O)cc1. The lowest BCUT2D eigenvalue weighted by Gasteiger charge is -2.09. The third-order valence-corrected chi connectivity index (χ3v) is 4.45. The fourth-order valence-corrected chi connectivity index (χ4v) is 2.89. The summed E-state index contributed by atoms with van der Waals surface area (Å²) < 4.78 is 0. The van der Waals surface area contributed by atoms with Gasteiger partial charge in [0.1, 0.15) is 5.75 Å². The van der Waals surface area contributed by atoms with E-state index in [-0.39, 0.29) is 5.75 Å². The van der Waals surface area contributed by atoms with Gasteiger partial charge in [-0.1, -0.05) is 60.7 Å². The molecule has 0 saturated heterocycles. The van der Waals surface area contributed by atoms with Gasteiger partial charge in [0.2, 0.25) is 0 Å². The van der Waals surface area contributed by atoms with Gasteiger partial charge in [-0.2, -0.15) is 5.10 Å². The molecule has 0 aliphatic heterocycles. The van der Waals surface area contributed by atoms with Gasteiger partial charge in [-0.3, -0.25) is 5.43 Å². The molecular formula is C24H20N4O. The van der Waals surface area contributed by atoms with Crippen LogP contribution in [-0.2, 0) is 0 Å². The topological polar surface area (TPSA) is 70.4 Å². The first kappa shape index (κ1) is 18.4. The number of aromatic hydroxyl groups is 1. The van der Waals surface area contributed by atoms with E-state index in [0.29, 0.717) is 11.6 Å². The predicted molar refractivity (Wildman–Crippen MR) is 117 cm³/mol. The van der Waals surface area contributed by atoms with Crippen molar-refractivity contribution in [2.24, 2.45) is 5.10 Å². The molecule has 0 bridgehead atoms. The van der Waals surface area contributed by atoms with Crippen LogP contribution in [0.2, 0.25) is 0 Å². The molecule has 142 valence electrons. The third-order valence-electron chi connectivity index (χ3n) is 4.45. The average molecular weight is 380 g/mol. The van der Waals surface area contributed by atoms with Crippen LogP contribution in [0.4, 0.5) is 5.82 Å². The minimum Gasteiger partial charge on any atom is -0.508 e. The lowest BCUT2D eigenvalue weighted by molar-refractivity contribution is 0.475. The van der Waals surface area contributed by atoms with E-state index in [0.717, 1.165) is 28.1 Å². The van der Waals surface area contributed by atoms with E-state index < -0.39 is 0 Å². The Hall–Kier alpha value is -3.99. The zero-order valence-corrected chi connectivity index (χ0v) is 15.9. The molecule has 2 N–H and O–H groups in total. The second-order valence-electron chi connectivity index (χ2n) is 6.55. The molecule has 0 aliphatic rings. The van der Waals surface area contributed by atoms with Gasteiger partial charge < -0.3 is 5.11 Å². The second kappa shape index (κ2) is 8.35. The fourth-order valence-electron chi connectivity index (χ4n) is 2.89. The Morgan fingerprint density at radius 3 is 2.07 bits per heavy atom. The summed E-state index contributed by atoms with van der Waals surface area (Å²) in [6, 6.07) is 28.7. The standard InChI is InChI=1S/C24H20N4O/c1-17(18-12-14-21(29)15-13-18)27-28-23-16-22(19-8-4-2-5-9-19)25-24(26-23)20-10-6-3-7-11-20/h2-16,29H,1H3,(H,25,26,28)/b27-17+. The van der Waals surface area contributed by atoms with E-state index in [1.807, 2.05) is 85.8 Å². The Morgan fingerprint density at radius 2 is 1.41 bits per heavy atom. The van der Waals surface area contributed by atoms with Crippen LogP contribution in [0.15, 0.2) is 96.1 Å². The van der Waals surface area contributed by atoms with Crippen LogP contribution in [0.25, 0.3) is 22.6 Å². The lowest BCUT2D eigenvalue weighted by atomic mass is 10.1. The first-order valence-corrected chi connectivity index (χ1v) is 9.29. The lowest BCUT2D eigenvalue weighted by Crippen LogP contribution is -2.03. The monoisotopic (exact) mass is 380 g/mol. The maximum Gasteiger partial charge on any atom is 0.162 e. The summed E-state index contributed by atoms with van der Waals surface area (Å²) in [6.45, 7) is 1.90. The Labute approximate surface area is 169 Å². The molecular weight excluding hydrogens is 360 g/mol. The Bertz CT molecular complexity index is 1070. The summed E-state index contributed by atoms with van der Waals surface area (Å²) in [4.78, 5) is 9.38. The predicted octanol–water partition coefficient (Wildman–Crippen LogP) is 5.35. The smallest absolute Gasteiger partial charge is 0.162 e. The van der Waals surface area contributed by atoms with Gasteiger partial charge in [-0.05, 0) is 36.8 Å². The number of hydrazone groups is 1. The van der Waals surface area contributed by atoms with Crippen molar-refractivity contribution in [1.82, 2.24) is 9.97 Å². The first-order valence-electron chi connectivity index (χ1n) is 9.29. The molecule has 0 radical (unpaired) electrons. The Balaban J connectivity index is 1.70. The normalized spacial score (nSPS) is 11.3. The Kier molecular flexibility index (Phi) is 5.29. The molecule has 0 amide bonds. The van der Waals surface area contributed by atoms with Crippen molar-refractivity contribution in [3.8, 4) is 28.4 Å². The maximum atomic E-state index is 9.45. The number of nitrogens with zero attached hydrogens (tertiary/aromatic N) is 3. The molecule has 0 spiro atoms. The molecule has 0 fully saturated rings. The highest BCUT2D eigenvalue weighted by atomic mass is 16.3. The maximum absolute atomic E-state index is 9.45. The number of aromatic nitrogens is 2. The van der Waals surface area contributed by atoms with Crippen LogP contribution in [0.3, 0.4) is 0 Å². The van der Waals surface area contributed by atoms with Gasteiger partial charge in [0.05, 0.1) is 11.4 Å². The zero-order chi connectivity index (χ0) is 20.1. The summed E-state index contributed by atoms with van der Waals surface area (Å²) in [7, 11) is 0. The molecule has 1 aromatic heterocycles. The van der Waals surface area contributed by atoms with Crippen molar-refractivity contribution in [2.75, 3.05) is 5.43 Å². The highest BCUT2D eigenvalue weighted by Gasteiger charge is 2.08. The van der Waals surface area contributed by atoms with Crippen molar-refractivity contribution < 1.29 is 5.11 Å². The molecule has 3 aromatic carbocycles. The molecule has 5 nitrogen and oxygen atoms in total. The van der Waals surface area contributed by atoms with Gasteiger partial charge >= 0.3 is 0 Å². The summed E-state index contributed by atoms with van der Waals surface area (Å²) in [6.07, 6.45) is 0. The van der Waals surface area contributed by atoms with Gasteiger partial charge in [-0.15, -0.1) is 0 Å². The number of rotatable bonds is 5. The van der Waals surface area contributed by atoms with Crippen LogP contribution in [0, 0.1) is 0 Å². The van der Waals surface area contributed by atoms with Crippen LogP contribution in [-0.4, -0.2) is 20.8 Å². The molecule has 5 heteroatoms. The van der Waals surface area contributed by atoms with E-state index >= 15 is 0 Å². The van der Waals surface area contributed by atoms with Gasteiger partial charge in [0.15, 0.2) is 11.6 Å². The van der Waals surface area contributed by atoms with Gasteiger partial charge in [-0.25, -0.2) is 9.97 Å². The number of hydrogen-bond donors (Lipinski definition) is 2. The van der Waals surface area contributed by atoms with Crippen molar-refractivity contribution in [3.05, 3.63) is 96.6 Å². The zero-order valence-electron chi connectivity index (χ0n) is 15.9. The Morgan fingerprint density at radius 1 is 0.793 bits per heavy atom. The van der Waals surface area contributed by atoms with Crippen molar-refractivity contribution >= 4 is 11.5 Å². The van der Waals surface area contributed by atoms with Crippen LogP contribution >= 0.6 is 0 Å². The van der Waals surface area contributed by atoms with Crippen molar-refractivity contribution in [1.29, 1.82) is 0 Å². The molecule has 0 unspecified atom stereocenters. The molecule has 0 saturated carbocycles. The summed E-state index contributed by atoms with van der Waals surface area (Å²) in [5, 5.41) is 13.9. The molecule has 29 heavy (non-hydrogen) atoms. The molecule has 0 atom stereocenters. The summed E-state index contributed by atoms with van der Waals surface area (Å²) in [5.74, 6) is 1.47. The molecule has 4 rings (SSSR count).